The van der Waals surface area contributed by atoms with Crippen molar-refractivity contribution < 1.29 is 22.4 Å². The first-order valence-corrected chi connectivity index (χ1v) is 9.25. The zero-order valence-electron chi connectivity index (χ0n) is 15.3. The van der Waals surface area contributed by atoms with Crippen LogP contribution in [-0.2, 0) is 6.54 Å². The molecule has 1 aromatic heterocycles. The summed E-state index contributed by atoms with van der Waals surface area (Å²) in [4.78, 5) is 4.35. The van der Waals surface area contributed by atoms with E-state index in [-0.39, 0.29) is 5.75 Å². The molecule has 1 N–H and O–H groups in total. The molecule has 1 aliphatic heterocycles. The van der Waals surface area contributed by atoms with Crippen LogP contribution in [0.5, 0.6) is 5.75 Å². The van der Waals surface area contributed by atoms with E-state index in [1.54, 1.807) is 0 Å². The molecule has 0 unspecified atom stereocenters. The SMILES string of the molecule is Cc1cc(CN2CCCN(C(=S)Nc3ccc(OC(F)(F)F)cc3)CC2)no1. The second kappa shape index (κ2) is 8.78. The van der Waals surface area contributed by atoms with Crippen LogP contribution < -0.4 is 10.1 Å². The van der Waals surface area contributed by atoms with E-state index in [9.17, 15) is 13.2 Å². The van der Waals surface area contributed by atoms with E-state index < -0.39 is 6.36 Å². The second-order valence-electron chi connectivity index (χ2n) is 6.55. The van der Waals surface area contributed by atoms with Crippen molar-refractivity contribution in [2.24, 2.45) is 0 Å². The Balaban J connectivity index is 1.50. The first-order chi connectivity index (χ1) is 13.3. The molecule has 0 aliphatic carbocycles. The van der Waals surface area contributed by atoms with E-state index in [2.05, 4.69) is 25.0 Å². The van der Waals surface area contributed by atoms with Gasteiger partial charge >= 0.3 is 6.36 Å². The molecule has 1 fully saturated rings. The number of rotatable bonds is 4. The fourth-order valence-electron chi connectivity index (χ4n) is 3.00. The first-order valence-electron chi connectivity index (χ1n) is 8.85. The average molecular weight is 414 g/mol. The summed E-state index contributed by atoms with van der Waals surface area (Å²) in [6.07, 6.45) is -3.76. The number of nitrogens with one attached hydrogen (secondary N) is 1. The Labute approximate surface area is 166 Å². The summed E-state index contributed by atoms with van der Waals surface area (Å²) >= 11 is 5.47. The maximum absolute atomic E-state index is 12.2. The highest BCUT2D eigenvalue weighted by molar-refractivity contribution is 7.80. The van der Waals surface area contributed by atoms with Gasteiger partial charge in [-0.3, -0.25) is 4.90 Å². The number of nitrogens with zero attached hydrogens (tertiary/aromatic N) is 3. The van der Waals surface area contributed by atoms with Crippen LogP contribution in [0.4, 0.5) is 18.9 Å². The van der Waals surface area contributed by atoms with Crippen molar-refractivity contribution in [1.82, 2.24) is 15.0 Å². The molecular weight excluding hydrogens is 393 g/mol. The second-order valence-corrected chi connectivity index (χ2v) is 6.93. The van der Waals surface area contributed by atoms with Gasteiger partial charge in [-0.2, -0.15) is 0 Å². The summed E-state index contributed by atoms with van der Waals surface area (Å²) in [5, 5.41) is 7.65. The van der Waals surface area contributed by atoms with E-state index in [4.69, 9.17) is 16.7 Å². The molecule has 6 nitrogen and oxygen atoms in total. The number of anilines is 1. The molecule has 2 aromatic rings. The first kappa shape index (κ1) is 20.4. The lowest BCUT2D eigenvalue weighted by atomic mass is 10.3. The molecule has 0 amide bonds. The number of hydrogen-bond acceptors (Lipinski definition) is 5. The Morgan fingerprint density at radius 2 is 1.96 bits per heavy atom. The smallest absolute Gasteiger partial charge is 0.406 e. The van der Waals surface area contributed by atoms with Gasteiger partial charge in [-0.25, -0.2) is 0 Å². The fourth-order valence-corrected chi connectivity index (χ4v) is 3.30. The Bertz CT molecular complexity index is 795. The third kappa shape index (κ3) is 6.10. The molecule has 1 aliphatic rings. The number of aromatic nitrogens is 1. The van der Waals surface area contributed by atoms with Crippen molar-refractivity contribution in [3.05, 3.63) is 41.8 Å². The molecule has 1 aromatic carbocycles. The van der Waals surface area contributed by atoms with Gasteiger partial charge in [0.05, 0.1) is 5.69 Å². The third-order valence-corrected chi connectivity index (χ3v) is 4.64. The molecule has 1 saturated heterocycles. The van der Waals surface area contributed by atoms with Crippen molar-refractivity contribution in [3.63, 3.8) is 0 Å². The van der Waals surface area contributed by atoms with Crippen LogP contribution in [0.25, 0.3) is 0 Å². The molecule has 0 saturated carbocycles. The summed E-state index contributed by atoms with van der Waals surface area (Å²) in [5.74, 6) is 0.529. The highest BCUT2D eigenvalue weighted by Gasteiger charge is 2.31. The zero-order chi connectivity index (χ0) is 20.1. The monoisotopic (exact) mass is 414 g/mol. The predicted molar refractivity (Wildman–Crippen MR) is 102 cm³/mol. The average Bonchev–Trinajstić information content (AvgIpc) is 2.88. The minimum atomic E-state index is -4.70. The van der Waals surface area contributed by atoms with E-state index in [1.807, 2.05) is 13.0 Å². The maximum Gasteiger partial charge on any atom is 0.573 e. The molecule has 2 heterocycles. The number of alkyl halides is 3. The minimum absolute atomic E-state index is 0.266. The summed E-state index contributed by atoms with van der Waals surface area (Å²) in [6.45, 7) is 5.90. The van der Waals surface area contributed by atoms with E-state index in [0.29, 0.717) is 10.8 Å². The Morgan fingerprint density at radius 1 is 1.21 bits per heavy atom. The molecule has 0 radical (unpaired) electrons. The Kier molecular flexibility index (Phi) is 6.40. The van der Waals surface area contributed by atoms with Gasteiger partial charge in [0.1, 0.15) is 11.5 Å². The Hall–Kier alpha value is -2.33. The molecule has 28 heavy (non-hydrogen) atoms. The molecule has 0 spiro atoms. The van der Waals surface area contributed by atoms with Crippen LogP contribution in [0.1, 0.15) is 17.9 Å². The lowest BCUT2D eigenvalue weighted by molar-refractivity contribution is -0.274. The summed E-state index contributed by atoms with van der Waals surface area (Å²) in [7, 11) is 0. The van der Waals surface area contributed by atoms with Gasteiger partial charge in [-0.1, -0.05) is 5.16 Å². The van der Waals surface area contributed by atoms with E-state index in [0.717, 1.165) is 50.6 Å². The lowest BCUT2D eigenvalue weighted by Crippen LogP contribution is -2.37. The van der Waals surface area contributed by atoms with Crippen LogP contribution in [0.15, 0.2) is 34.9 Å². The molecule has 10 heteroatoms. The van der Waals surface area contributed by atoms with Gasteiger partial charge in [-0.15, -0.1) is 13.2 Å². The van der Waals surface area contributed by atoms with E-state index >= 15 is 0 Å². The van der Waals surface area contributed by atoms with Crippen LogP contribution >= 0.6 is 12.2 Å². The maximum atomic E-state index is 12.2. The van der Waals surface area contributed by atoms with Gasteiger partial charge in [0.2, 0.25) is 0 Å². The standard InChI is InChI=1S/C18H21F3N4O2S/c1-13-11-15(23-27-13)12-24-7-2-8-25(10-9-24)17(28)22-14-3-5-16(6-4-14)26-18(19,20)21/h3-6,11H,2,7-10,12H2,1H3,(H,22,28). The summed E-state index contributed by atoms with van der Waals surface area (Å²) in [6, 6.07) is 7.45. The highest BCUT2D eigenvalue weighted by atomic mass is 32.1. The van der Waals surface area contributed by atoms with Gasteiger partial charge in [0.15, 0.2) is 5.11 Å². The van der Waals surface area contributed by atoms with Crippen molar-refractivity contribution in [1.29, 1.82) is 0 Å². The Morgan fingerprint density at radius 3 is 2.61 bits per heavy atom. The fraction of sp³-hybridized carbons (Fsp3) is 0.444. The summed E-state index contributed by atoms with van der Waals surface area (Å²) in [5.41, 5.74) is 1.52. The quantitative estimate of drug-likeness (QED) is 0.764. The topological polar surface area (TPSA) is 53.8 Å². The van der Waals surface area contributed by atoms with Crippen molar-refractivity contribution in [2.45, 2.75) is 26.3 Å². The molecule has 0 bridgehead atoms. The van der Waals surface area contributed by atoms with Crippen molar-refractivity contribution in [2.75, 3.05) is 31.5 Å². The number of halogens is 3. The zero-order valence-corrected chi connectivity index (χ0v) is 16.1. The number of ether oxygens (including phenoxy) is 1. The van der Waals surface area contributed by atoms with Crippen LogP contribution in [0, 0.1) is 6.92 Å². The van der Waals surface area contributed by atoms with Crippen molar-refractivity contribution in [3.8, 4) is 5.75 Å². The molecular formula is C18H21F3N4O2S. The largest absolute Gasteiger partial charge is 0.573 e. The number of benzene rings is 1. The predicted octanol–water partition coefficient (Wildman–Crippen LogP) is 3.79. The molecule has 152 valence electrons. The van der Waals surface area contributed by atoms with Gasteiger partial charge in [0, 0.05) is 44.5 Å². The van der Waals surface area contributed by atoms with Crippen LogP contribution in [0.2, 0.25) is 0 Å². The number of aryl methyl sites for hydroxylation is 1. The molecule has 3 rings (SSSR count). The van der Waals surface area contributed by atoms with E-state index in [1.165, 1.54) is 24.3 Å². The van der Waals surface area contributed by atoms with Crippen LogP contribution in [0.3, 0.4) is 0 Å². The van der Waals surface area contributed by atoms with Gasteiger partial charge < -0.3 is 19.5 Å². The van der Waals surface area contributed by atoms with Gasteiger partial charge in [-0.05, 0) is 49.8 Å². The van der Waals surface area contributed by atoms with Crippen molar-refractivity contribution >= 4 is 23.0 Å². The third-order valence-electron chi connectivity index (χ3n) is 4.28. The van der Waals surface area contributed by atoms with Gasteiger partial charge in [0.25, 0.3) is 0 Å². The number of thiocarbonyl (C=S) groups is 1. The highest BCUT2D eigenvalue weighted by Crippen LogP contribution is 2.24. The normalized spacial score (nSPS) is 15.9. The lowest BCUT2D eigenvalue weighted by Gasteiger charge is -2.24. The minimum Gasteiger partial charge on any atom is -0.406 e. The van der Waals surface area contributed by atoms with Crippen LogP contribution in [-0.4, -0.2) is 52.6 Å². The number of hydrogen-bond donors (Lipinski definition) is 1. The molecule has 0 atom stereocenters. The summed E-state index contributed by atoms with van der Waals surface area (Å²) < 4.78 is 45.7.